The molecule has 0 bridgehead atoms. The van der Waals surface area contributed by atoms with Gasteiger partial charge in [0.1, 0.15) is 0 Å². The third kappa shape index (κ3) is 5.13. The Labute approximate surface area is 297 Å². The molecule has 0 radical (unpaired) electrons. The van der Waals surface area contributed by atoms with Crippen LogP contribution in [0.5, 0.6) is 0 Å². The molecular weight excluding hydrogens is 679 g/mol. The third-order valence-electron chi connectivity index (χ3n) is 13.4. The summed E-state index contributed by atoms with van der Waals surface area (Å²) in [4.78, 5) is 0. The van der Waals surface area contributed by atoms with Gasteiger partial charge in [-0.1, -0.05) is 0 Å². The Bertz CT molecular complexity index is 1640. The molecule has 6 unspecified atom stereocenters. The molecule has 0 N–H and O–H groups in total. The normalized spacial score (nSPS) is 30.1. The van der Waals surface area contributed by atoms with Crippen LogP contribution in [0.25, 0.3) is 0 Å². The summed E-state index contributed by atoms with van der Waals surface area (Å²) in [5, 5.41) is 0. The van der Waals surface area contributed by atoms with Crippen LogP contribution in [0.4, 0.5) is 0 Å². The zero-order valence-electron chi connectivity index (χ0n) is 27.9. The maximum absolute atomic E-state index is 2.84. The van der Waals surface area contributed by atoms with Crippen molar-refractivity contribution < 1.29 is 46.1 Å². The smallest absolute Gasteiger partial charge is 1.00 e. The SMILES string of the molecule is CC1CC2C(=C3Cc4ccccc4C3C3CCCCC23)[C](C)([Zr+2](=[C](c2ccccc2)c2ccccc2)[CH]2C=CC=C2)C1(C)C.[Cl-].[Cl-]. The predicted molar refractivity (Wildman–Crippen MR) is 183 cm³/mol. The molecule has 2 saturated carbocycles. The van der Waals surface area contributed by atoms with Gasteiger partial charge in [0.25, 0.3) is 0 Å². The van der Waals surface area contributed by atoms with E-state index in [4.69, 9.17) is 0 Å². The number of hydrogen-bond acceptors (Lipinski definition) is 0. The molecule has 8 rings (SSSR count). The number of halogens is 2. The molecule has 238 valence electrons. The Balaban J connectivity index is 0.00000186. The fourth-order valence-electron chi connectivity index (χ4n) is 10.9. The van der Waals surface area contributed by atoms with Crippen molar-refractivity contribution in [3.63, 3.8) is 0 Å². The summed E-state index contributed by atoms with van der Waals surface area (Å²) >= 11 is -2.72. The molecule has 0 nitrogen and oxygen atoms in total. The number of allylic oxidation sites excluding steroid dienone is 6. The molecule has 3 aromatic rings. The maximum atomic E-state index is 2.84. The number of fused-ring (bicyclic) bond motifs is 7. The van der Waals surface area contributed by atoms with Crippen LogP contribution < -0.4 is 24.8 Å². The first kappa shape index (κ1) is 34.1. The number of hydrogen-bond donors (Lipinski definition) is 0. The molecule has 5 aliphatic rings. The quantitative estimate of drug-likeness (QED) is 0.328. The Morgan fingerprint density at radius 1 is 0.717 bits per heavy atom. The minimum atomic E-state index is -2.72. The summed E-state index contributed by atoms with van der Waals surface area (Å²) < 4.78 is 2.46. The van der Waals surface area contributed by atoms with Crippen LogP contribution in [0.1, 0.15) is 88.0 Å². The van der Waals surface area contributed by atoms with Crippen molar-refractivity contribution in [1.82, 2.24) is 0 Å². The van der Waals surface area contributed by atoms with Gasteiger partial charge in [-0.25, -0.2) is 0 Å². The van der Waals surface area contributed by atoms with Gasteiger partial charge in [0.15, 0.2) is 0 Å². The largest absolute Gasteiger partial charge is 1.00 e. The molecule has 3 heteroatoms. The van der Waals surface area contributed by atoms with Gasteiger partial charge in [0, 0.05) is 0 Å². The van der Waals surface area contributed by atoms with Crippen LogP contribution in [0.15, 0.2) is 120 Å². The summed E-state index contributed by atoms with van der Waals surface area (Å²) in [6, 6.07) is 32.8. The van der Waals surface area contributed by atoms with Gasteiger partial charge >= 0.3 is 275 Å². The molecule has 46 heavy (non-hydrogen) atoms. The van der Waals surface area contributed by atoms with Gasteiger partial charge in [-0.2, -0.15) is 0 Å². The van der Waals surface area contributed by atoms with Crippen molar-refractivity contribution in [1.29, 1.82) is 0 Å². The van der Waals surface area contributed by atoms with Gasteiger partial charge in [-0.15, -0.1) is 0 Å². The topological polar surface area (TPSA) is 0 Å². The number of rotatable bonds is 4. The third-order valence-corrected chi connectivity index (χ3v) is 23.6. The fraction of sp³-hybridized carbons (Fsp3) is 0.419. The summed E-state index contributed by atoms with van der Waals surface area (Å²) in [6.07, 6.45) is 18.2. The Hall–Kier alpha value is -1.79. The Morgan fingerprint density at radius 2 is 1.28 bits per heavy atom. The van der Waals surface area contributed by atoms with Crippen molar-refractivity contribution in [3.05, 3.63) is 143 Å². The molecule has 6 atom stereocenters. The fourth-order valence-corrected chi connectivity index (χ4v) is 22.3. The molecule has 0 amide bonds. The van der Waals surface area contributed by atoms with E-state index in [1.165, 1.54) is 49.7 Å². The molecule has 0 heterocycles. The van der Waals surface area contributed by atoms with Gasteiger partial charge in [0.2, 0.25) is 0 Å². The van der Waals surface area contributed by atoms with Crippen molar-refractivity contribution in [2.75, 3.05) is 0 Å². The van der Waals surface area contributed by atoms with Gasteiger partial charge in [-0.05, 0) is 0 Å². The van der Waals surface area contributed by atoms with E-state index in [1.807, 2.05) is 11.1 Å². The molecule has 0 aromatic heterocycles. The van der Waals surface area contributed by atoms with Crippen LogP contribution in [-0.2, 0) is 27.7 Å². The molecule has 0 spiro atoms. The van der Waals surface area contributed by atoms with E-state index < -0.39 is 21.3 Å². The van der Waals surface area contributed by atoms with Gasteiger partial charge < -0.3 is 24.8 Å². The van der Waals surface area contributed by atoms with E-state index in [0.29, 0.717) is 15.5 Å². The van der Waals surface area contributed by atoms with Crippen molar-refractivity contribution in [2.45, 2.75) is 78.9 Å². The van der Waals surface area contributed by atoms with E-state index in [2.05, 4.69) is 137 Å². The first-order chi connectivity index (χ1) is 21.4. The summed E-state index contributed by atoms with van der Waals surface area (Å²) in [5.41, 5.74) is 10.3. The van der Waals surface area contributed by atoms with Crippen molar-refractivity contribution in [2.24, 2.45) is 29.1 Å². The first-order valence-corrected chi connectivity index (χ1v) is 21.3. The average Bonchev–Trinajstić information content (AvgIpc) is 3.72. The van der Waals surface area contributed by atoms with E-state index in [-0.39, 0.29) is 33.4 Å². The monoisotopic (exact) mass is 724 g/mol. The summed E-state index contributed by atoms with van der Waals surface area (Å²) in [7, 11) is 0. The molecule has 0 aliphatic heterocycles. The van der Waals surface area contributed by atoms with Crippen LogP contribution in [0.3, 0.4) is 0 Å². The average molecular weight is 727 g/mol. The maximum Gasteiger partial charge on any atom is -1.00 e. The molecular formula is C43H48Cl2Zr. The van der Waals surface area contributed by atoms with Crippen molar-refractivity contribution in [3.8, 4) is 0 Å². The predicted octanol–water partition coefficient (Wildman–Crippen LogP) is 5.11. The van der Waals surface area contributed by atoms with Crippen LogP contribution in [0.2, 0.25) is 6.75 Å². The minimum Gasteiger partial charge on any atom is -1.00 e. The standard InChI is InChI=1S/C25H33.C13H10.C5H5.2ClH.Zr/c1-15-13-21-19-11-7-8-12-20(19)24-18-10-6-5-9-17(18)14-22(24)23(21)16(2)25(15,3)4;1-3-7-12(8-4-1)11-13-9-5-2-6-10-13;1-2-4-5-3-1;;;/h5-6,9-10,15,19-21,24H,7-8,11-14H2,1-4H3;1-10H;1-5H;2*1H;/q;;;;;+2/p-2. The minimum absolute atomic E-state index is 0. The van der Waals surface area contributed by atoms with Crippen molar-refractivity contribution >= 4 is 3.21 Å². The second kappa shape index (κ2) is 13.3. The summed E-state index contributed by atoms with van der Waals surface area (Å²) in [6.45, 7) is 10.9. The molecule has 0 saturated heterocycles. The summed E-state index contributed by atoms with van der Waals surface area (Å²) in [5.74, 6) is 3.75. The van der Waals surface area contributed by atoms with Gasteiger partial charge in [0.05, 0.1) is 0 Å². The van der Waals surface area contributed by atoms with E-state index in [0.717, 1.165) is 17.8 Å². The molecule has 2 fully saturated rings. The molecule has 3 aromatic carbocycles. The van der Waals surface area contributed by atoms with E-state index in [1.54, 1.807) is 14.3 Å². The number of benzene rings is 3. The Kier molecular flexibility index (Phi) is 9.82. The van der Waals surface area contributed by atoms with Crippen LogP contribution >= 0.6 is 0 Å². The molecule has 5 aliphatic carbocycles. The van der Waals surface area contributed by atoms with Crippen LogP contribution in [0, 0.1) is 29.1 Å². The zero-order chi connectivity index (χ0) is 30.1. The second-order valence-corrected chi connectivity index (χ2v) is 22.7. The zero-order valence-corrected chi connectivity index (χ0v) is 31.8. The second-order valence-electron chi connectivity index (χ2n) is 15.3. The van der Waals surface area contributed by atoms with E-state index in [9.17, 15) is 0 Å². The first-order valence-electron chi connectivity index (χ1n) is 17.4. The van der Waals surface area contributed by atoms with Gasteiger partial charge in [-0.3, -0.25) is 0 Å². The Morgan fingerprint density at radius 3 is 1.91 bits per heavy atom. The van der Waals surface area contributed by atoms with E-state index >= 15 is 0 Å². The van der Waals surface area contributed by atoms with Crippen LogP contribution in [-0.4, -0.2) is 3.21 Å².